The van der Waals surface area contributed by atoms with Gasteiger partial charge in [0.05, 0.1) is 28.9 Å². The Kier molecular flexibility index (Phi) is 3.56. The van der Waals surface area contributed by atoms with Gasteiger partial charge in [0.25, 0.3) is 5.91 Å². The smallest absolute Gasteiger partial charge is 0.256 e. The topological polar surface area (TPSA) is 75.4 Å². The van der Waals surface area contributed by atoms with Crippen molar-refractivity contribution in [3.63, 3.8) is 0 Å². The largest absolute Gasteiger partial charge is 0.464 e. The summed E-state index contributed by atoms with van der Waals surface area (Å²) >= 11 is 1.13. The SMILES string of the molecule is O=C(c1cccc2nsnc12)N1CCN(c2nccc3occc23)CC1. The van der Waals surface area contributed by atoms with Crippen molar-refractivity contribution in [3.05, 3.63) is 48.4 Å². The zero-order valence-electron chi connectivity index (χ0n) is 13.8. The molecule has 0 atom stereocenters. The monoisotopic (exact) mass is 365 g/mol. The number of benzene rings is 1. The van der Waals surface area contributed by atoms with Gasteiger partial charge in [0.2, 0.25) is 0 Å². The van der Waals surface area contributed by atoms with Gasteiger partial charge in [-0.05, 0) is 24.3 Å². The highest BCUT2D eigenvalue weighted by atomic mass is 32.1. The van der Waals surface area contributed by atoms with Crippen molar-refractivity contribution in [3.8, 4) is 0 Å². The van der Waals surface area contributed by atoms with Gasteiger partial charge in [0.1, 0.15) is 22.4 Å². The van der Waals surface area contributed by atoms with E-state index in [-0.39, 0.29) is 5.91 Å². The molecule has 0 spiro atoms. The number of piperazine rings is 1. The van der Waals surface area contributed by atoms with E-state index in [4.69, 9.17) is 4.42 Å². The second-order valence-corrected chi connectivity index (χ2v) is 6.71. The van der Waals surface area contributed by atoms with Crippen molar-refractivity contribution >= 4 is 45.5 Å². The van der Waals surface area contributed by atoms with E-state index in [9.17, 15) is 4.79 Å². The summed E-state index contributed by atoms with van der Waals surface area (Å²) in [6, 6.07) is 9.36. The molecule has 0 N–H and O–H groups in total. The lowest BCUT2D eigenvalue weighted by molar-refractivity contribution is 0.0748. The van der Waals surface area contributed by atoms with Crippen molar-refractivity contribution in [2.24, 2.45) is 0 Å². The first kappa shape index (κ1) is 15.3. The number of fused-ring (bicyclic) bond motifs is 2. The van der Waals surface area contributed by atoms with Crippen LogP contribution in [0.15, 0.2) is 47.2 Å². The standard InChI is InChI=1S/C18H15N5O2S/c24-18(13-2-1-3-14-16(13)21-26-20-14)23-9-7-22(8-10-23)17-12-5-11-25-15(12)4-6-19-17/h1-6,11H,7-10H2. The average molecular weight is 365 g/mol. The van der Waals surface area contributed by atoms with Gasteiger partial charge in [-0.2, -0.15) is 8.75 Å². The Morgan fingerprint density at radius 3 is 2.85 bits per heavy atom. The van der Waals surface area contributed by atoms with Crippen molar-refractivity contribution in [1.82, 2.24) is 18.6 Å². The molecular weight excluding hydrogens is 350 g/mol. The predicted molar refractivity (Wildman–Crippen MR) is 99.5 cm³/mol. The molecule has 1 aromatic carbocycles. The summed E-state index contributed by atoms with van der Waals surface area (Å²) in [6.45, 7) is 2.74. The highest BCUT2D eigenvalue weighted by Gasteiger charge is 2.25. The molecular formula is C18H15N5O2S. The van der Waals surface area contributed by atoms with Crippen LogP contribution in [0, 0.1) is 0 Å². The van der Waals surface area contributed by atoms with Crippen LogP contribution in [0.1, 0.15) is 10.4 Å². The maximum absolute atomic E-state index is 12.9. The summed E-state index contributed by atoms with van der Waals surface area (Å²) in [7, 11) is 0. The van der Waals surface area contributed by atoms with E-state index in [2.05, 4.69) is 18.6 Å². The Bertz CT molecular complexity index is 1100. The first-order valence-corrected chi connectivity index (χ1v) is 9.12. The predicted octanol–water partition coefficient (Wildman–Crippen LogP) is 2.79. The van der Waals surface area contributed by atoms with Gasteiger partial charge >= 0.3 is 0 Å². The molecule has 1 aliphatic heterocycles. The van der Waals surface area contributed by atoms with Crippen LogP contribution in [0.2, 0.25) is 0 Å². The summed E-state index contributed by atoms with van der Waals surface area (Å²) < 4.78 is 14.0. The quantitative estimate of drug-likeness (QED) is 0.544. The Morgan fingerprint density at radius 1 is 1.08 bits per heavy atom. The number of hydrogen-bond donors (Lipinski definition) is 0. The Hall–Kier alpha value is -3.00. The fraction of sp³-hybridized carbons (Fsp3) is 0.222. The second kappa shape index (κ2) is 6.06. The van der Waals surface area contributed by atoms with Gasteiger partial charge in [0, 0.05) is 32.4 Å². The number of anilines is 1. The molecule has 1 fully saturated rings. The summed E-state index contributed by atoms with van der Waals surface area (Å²) in [5.41, 5.74) is 2.92. The molecule has 1 amide bonds. The van der Waals surface area contributed by atoms with Crippen LogP contribution < -0.4 is 4.90 Å². The minimum Gasteiger partial charge on any atom is -0.464 e. The number of nitrogens with zero attached hydrogens (tertiary/aromatic N) is 5. The number of furan rings is 1. The normalized spacial score (nSPS) is 15.1. The zero-order valence-corrected chi connectivity index (χ0v) is 14.6. The fourth-order valence-electron chi connectivity index (χ4n) is 3.40. The van der Waals surface area contributed by atoms with E-state index in [1.54, 1.807) is 12.5 Å². The lowest BCUT2D eigenvalue weighted by Gasteiger charge is -2.35. The molecule has 0 saturated carbocycles. The van der Waals surface area contributed by atoms with Gasteiger partial charge in [-0.15, -0.1) is 0 Å². The van der Waals surface area contributed by atoms with Gasteiger partial charge in [-0.1, -0.05) is 6.07 Å². The molecule has 0 radical (unpaired) electrons. The Labute approximate surface area is 153 Å². The van der Waals surface area contributed by atoms with Gasteiger partial charge in [-0.3, -0.25) is 4.79 Å². The maximum atomic E-state index is 12.9. The number of pyridine rings is 1. The molecule has 5 rings (SSSR count). The first-order valence-electron chi connectivity index (χ1n) is 8.39. The molecule has 26 heavy (non-hydrogen) atoms. The lowest BCUT2D eigenvalue weighted by atomic mass is 10.1. The van der Waals surface area contributed by atoms with Crippen molar-refractivity contribution in [2.75, 3.05) is 31.1 Å². The van der Waals surface area contributed by atoms with E-state index in [0.717, 1.165) is 47.1 Å². The van der Waals surface area contributed by atoms with E-state index >= 15 is 0 Å². The van der Waals surface area contributed by atoms with Crippen LogP contribution in [0.4, 0.5) is 5.82 Å². The number of aromatic nitrogens is 3. The van der Waals surface area contributed by atoms with Gasteiger partial charge < -0.3 is 14.2 Å². The molecule has 0 unspecified atom stereocenters. The third kappa shape index (κ3) is 2.41. The molecule has 3 aromatic heterocycles. The minimum atomic E-state index is 0.0115. The summed E-state index contributed by atoms with van der Waals surface area (Å²) in [4.78, 5) is 21.5. The summed E-state index contributed by atoms with van der Waals surface area (Å²) in [5.74, 6) is 0.923. The number of hydrogen-bond acceptors (Lipinski definition) is 7. The number of rotatable bonds is 2. The van der Waals surface area contributed by atoms with Crippen molar-refractivity contribution in [1.29, 1.82) is 0 Å². The number of amides is 1. The maximum Gasteiger partial charge on any atom is 0.256 e. The first-order chi connectivity index (χ1) is 12.8. The second-order valence-electron chi connectivity index (χ2n) is 6.18. The zero-order chi connectivity index (χ0) is 17.5. The molecule has 0 aliphatic carbocycles. The summed E-state index contributed by atoms with van der Waals surface area (Å²) in [6.07, 6.45) is 3.44. The third-order valence-electron chi connectivity index (χ3n) is 4.74. The van der Waals surface area contributed by atoms with Crippen LogP contribution in [0.25, 0.3) is 22.0 Å². The van der Waals surface area contributed by atoms with E-state index < -0.39 is 0 Å². The molecule has 4 heterocycles. The van der Waals surface area contributed by atoms with Crippen molar-refractivity contribution in [2.45, 2.75) is 0 Å². The third-order valence-corrected chi connectivity index (χ3v) is 5.28. The van der Waals surface area contributed by atoms with Crippen LogP contribution in [-0.2, 0) is 0 Å². The molecule has 0 bridgehead atoms. The fourth-order valence-corrected chi connectivity index (χ4v) is 3.95. The average Bonchev–Trinajstić information content (AvgIpc) is 3.36. The van der Waals surface area contributed by atoms with E-state index in [1.807, 2.05) is 35.2 Å². The van der Waals surface area contributed by atoms with Crippen molar-refractivity contribution < 1.29 is 9.21 Å². The Balaban J connectivity index is 1.36. The van der Waals surface area contributed by atoms with Crippen LogP contribution in [0.5, 0.6) is 0 Å². The molecule has 7 nitrogen and oxygen atoms in total. The van der Waals surface area contributed by atoms with E-state index in [0.29, 0.717) is 24.2 Å². The summed E-state index contributed by atoms with van der Waals surface area (Å²) in [5, 5.41) is 1.01. The molecule has 4 aromatic rings. The van der Waals surface area contributed by atoms with Gasteiger partial charge in [0.15, 0.2) is 0 Å². The lowest BCUT2D eigenvalue weighted by Crippen LogP contribution is -2.49. The molecule has 1 aliphatic rings. The van der Waals surface area contributed by atoms with Crippen LogP contribution in [-0.4, -0.2) is 50.7 Å². The van der Waals surface area contributed by atoms with Crippen LogP contribution >= 0.6 is 11.7 Å². The highest BCUT2D eigenvalue weighted by Crippen LogP contribution is 2.26. The number of carbonyl (C=O) groups is 1. The number of carbonyl (C=O) groups excluding carboxylic acids is 1. The molecule has 1 saturated heterocycles. The molecule has 8 heteroatoms. The van der Waals surface area contributed by atoms with Gasteiger partial charge in [-0.25, -0.2) is 4.98 Å². The van der Waals surface area contributed by atoms with Crippen LogP contribution in [0.3, 0.4) is 0 Å². The Morgan fingerprint density at radius 2 is 1.96 bits per heavy atom. The highest BCUT2D eigenvalue weighted by molar-refractivity contribution is 7.00. The van der Waals surface area contributed by atoms with E-state index in [1.165, 1.54) is 0 Å². The molecule has 130 valence electrons. The minimum absolute atomic E-state index is 0.0115.